The van der Waals surface area contributed by atoms with E-state index in [1.54, 1.807) is 25.4 Å². The molecule has 42 heavy (non-hydrogen) atoms. The summed E-state index contributed by atoms with van der Waals surface area (Å²) in [7, 11) is -0.479. The maximum atomic E-state index is 13.2. The van der Waals surface area contributed by atoms with E-state index in [0.717, 1.165) is 18.8 Å². The number of hydrogen-bond acceptors (Lipinski definition) is 11. The van der Waals surface area contributed by atoms with Crippen molar-refractivity contribution in [2.75, 3.05) is 47.1 Å². The molecule has 14 heteroatoms. The van der Waals surface area contributed by atoms with Crippen molar-refractivity contribution in [1.29, 1.82) is 0 Å². The summed E-state index contributed by atoms with van der Waals surface area (Å²) in [6.45, 7) is 1.50. The molecular formula is C28H31ClN8O4S. The number of benzene rings is 2. The number of rotatable bonds is 9. The number of aliphatic hydroxyl groups is 1. The summed E-state index contributed by atoms with van der Waals surface area (Å²) in [5, 5.41) is 16.2. The largest absolute Gasteiger partial charge is 0.495 e. The van der Waals surface area contributed by atoms with Crippen LogP contribution in [0.4, 0.5) is 34.5 Å². The van der Waals surface area contributed by atoms with Crippen LogP contribution in [0.1, 0.15) is 25.7 Å². The standard InChI is InChI=1S/C28H31ClN8O4S/c1-36(42(39,40)19-4-5-19)26-22(7-6-21-25(26)31-12-11-30-21)33-27-20(29)16-32-28(35-27)34-23-15-17(3-8-24(23)41-2)37-13-9-18(38)10-14-37/h3,6-8,11-12,15-16,18-19,38H,4-5,9-10,13-14H2,1-2H3,(H2,32,33,34,35). The fourth-order valence-electron chi connectivity index (χ4n) is 5.04. The zero-order chi connectivity index (χ0) is 29.4. The van der Waals surface area contributed by atoms with Crippen molar-refractivity contribution >= 4 is 67.2 Å². The Morgan fingerprint density at radius 1 is 1.02 bits per heavy atom. The Hall–Kier alpha value is -3.94. The molecule has 12 nitrogen and oxygen atoms in total. The van der Waals surface area contributed by atoms with E-state index in [9.17, 15) is 13.5 Å². The average molecular weight is 611 g/mol. The van der Waals surface area contributed by atoms with Gasteiger partial charge in [0.2, 0.25) is 16.0 Å². The predicted octanol–water partition coefficient (Wildman–Crippen LogP) is 4.46. The van der Waals surface area contributed by atoms with Gasteiger partial charge in [-0.2, -0.15) is 4.98 Å². The molecule has 3 N–H and O–H groups in total. The van der Waals surface area contributed by atoms with Crippen LogP contribution in [0.2, 0.25) is 5.02 Å². The van der Waals surface area contributed by atoms with E-state index in [1.807, 2.05) is 18.2 Å². The number of sulfonamides is 1. The molecule has 3 heterocycles. The lowest BCUT2D eigenvalue weighted by Gasteiger charge is -2.32. The monoisotopic (exact) mass is 610 g/mol. The number of nitrogens with zero attached hydrogens (tertiary/aromatic N) is 6. The van der Waals surface area contributed by atoms with Crippen LogP contribution < -0.4 is 24.6 Å². The predicted molar refractivity (Wildman–Crippen MR) is 164 cm³/mol. The topological polar surface area (TPSA) is 146 Å². The van der Waals surface area contributed by atoms with E-state index in [0.29, 0.717) is 59.5 Å². The number of aromatic nitrogens is 4. The van der Waals surface area contributed by atoms with Gasteiger partial charge in [-0.05, 0) is 56.0 Å². The van der Waals surface area contributed by atoms with Gasteiger partial charge in [0.1, 0.15) is 22.0 Å². The number of piperidine rings is 1. The van der Waals surface area contributed by atoms with Crippen molar-refractivity contribution in [1.82, 2.24) is 19.9 Å². The third-order valence-electron chi connectivity index (χ3n) is 7.51. The summed E-state index contributed by atoms with van der Waals surface area (Å²) in [5.41, 5.74) is 3.45. The maximum Gasteiger partial charge on any atom is 0.237 e. The number of halogens is 1. The molecule has 1 aliphatic heterocycles. The number of methoxy groups -OCH3 is 1. The van der Waals surface area contributed by atoms with E-state index in [2.05, 4.69) is 35.5 Å². The molecule has 4 aromatic rings. The lowest BCUT2D eigenvalue weighted by Crippen LogP contribution is -2.35. The molecule has 0 unspecified atom stereocenters. The maximum absolute atomic E-state index is 13.2. The van der Waals surface area contributed by atoms with Gasteiger partial charge in [0.25, 0.3) is 0 Å². The van der Waals surface area contributed by atoms with Crippen LogP contribution in [-0.4, -0.2) is 72.1 Å². The van der Waals surface area contributed by atoms with Gasteiger partial charge < -0.3 is 25.4 Å². The summed E-state index contributed by atoms with van der Waals surface area (Å²) in [5.74, 6) is 1.13. The van der Waals surface area contributed by atoms with Crippen LogP contribution in [0, 0.1) is 0 Å². The van der Waals surface area contributed by atoms with Gasteiger partial charge in [-0.25, -0.2) is 13.4 Å². The normalized spacial score (nSPS) is 16.0. The zero-order valence-corrected chi connectivity index (χ0v) is 24.7. The second-order valence-electron chi connectivity index (χ2n) is 10.3. The number of fused-ring (bicyclic) bond motifs is 1. The molecule has 6 rings (SSSR count). The minimum absolute atomic E-state index is 0.242. The third-order valence-corrected chi connectivity index (χ3v) is 10.0. The molecular weight excluding hydrogens is 580 g/mol. The Kier molecular flexibility index (Phi) is 7.64. The van der Waals surface area contributed by atoms with Crippen LogP contribution in [0.5, 0.6) is 5.75 Å². The highest BCUT2D eigenvalue weighted by Crippen LogP contribution is 2.40. The van der Waals surface area contributed by atoms with Gasteiger partial charge in [0.05, 0.1) is 41.6 Å². The second-order valence-corrected chi connectivity index (χ2v) is 13.0. The van der Waals surface area contributed by atoms with Crippen molar-refractivity contribution in [3.63, 3.8) is 0 Å². The van der Waals surface area contributed by atoms with Crippen LogP contribution in [-0.2, 0) is 10.0 Å². The molecule has 0 amide bonds. The van der Waals surface area contributed by atoms with Crippen molar-refractivity contribution < 1.29 is 18.3 Å². The van der Waals surface area contributed by atoms with Gasteiger partial charge in [-0.3, -0.25) is 14.3 Å². The van der Waals surface area contributed by atoms with Gasteiger partial charge in [0.15, 0.2) is 5.82 Å². The number of hydrogen-bond donors (Lipinski definition) is 3. The van der Waals surface area contributed by atoms with Crippen LogP contribution in [0.25, 0.3) is 11.0 Å². The number of aliphatic hydroxyl groups excluding tert-OH is 1. The Morgan fingerprint density at radius 2 is 1.79 bits per heavy atom. The van der Waals surface area contributed by atoms with E-state index in [-0.39, 0.29) is 22.9 Å². The molecule has 0 spiro atoms. The van der Waals surface area contributed by atoms with E-state index >= 15 is 0 Å². The molecule has 0 atom stereocenters. The Labute approximate surface area is 248 Å². The highest BCUT2D eigenvalue weighted by atomic mass is 35.5. The first-order valence-electron chi connectivity index (χ1n) is 13.6. The van der Waals surface area contributed by atoms with E-state index in [1.165, 1.54) is 23.7 Å². The molecule has 2 aromatic carbocycles. The summed E-state index contributed by atoms with van der Waals surface area (Å²) in [6.07, 6.45) is 6.97. The smallest absolute Gasteiger partial charge is 0.237 e. The second kappa shape index (κ2) is 11.4. The van der Waals surface area contributed by atoms with Crippen molar-refractivity contribution in [2.45, 2.75) is 37.0 Å². The lowest BCUT2D eigenvalue weighted by molar-refractivity contribution is 0.145. The molecule has 2 aromatic heterocycles. The zero-order valence-electron chi connectivity index (χ0n) is 23.2. The highest BCUT2D eigenvalue weighted by Gasteiger charge is 2.40. The van der Waals surface area contributed by atoms with Crippen LogP contribution >= 0.6 is 11.6 Å². The molecule has 0 radical (unpaired) electrons. The first kappa shape index (κ1) is 28.2. The van der Waals surface area contributed by atoms with Crippen molar-refractivity contribution in [3.8, 4) is 5.75 Å². The molecule has 2 fully saturated rings. The molecule has 1 saturated heterocycles. The molecule has 2 aliphatic rings. The third kappa shape index (κ3) is 5.59. The summed E-state index contributed by atoms with van der Waals surface area (Å²) in [6, 6.07) is 9.30. The quantitative estimate of drug-likeness (QED) is 0.247. The Bertz CT molecular complexity index is 1730. The lowest BCUT2D eigenvalue weighted by atomic mass is 10.1. The molecule has 220 valence electrons. The van der Waals surface area contributed by atoms with Gasteiger partial charge in [-0.1, -0.05) is 11.6 Å². The first-order chi connectivity index (χ1) is 20.2. The summed E-state index contributed by atoms with van der Waals surface area (Å²) >= 11 is 6.52. The summed E-state index contributed by atoms with van der Waals surface area (Å²) < 4.78 is 33.3. The molecule has 1 saturated carbocycles. The first-order valence-corrected chi connectivity index (χ1v) is 15.5. The van der Waals surface area contributed by atoms with E-state index in [4.69, 9.17) is 16.3 Å². The number of ether oxygens (including phenoxy) is 1. The Balaban J connectivity index is 1.33. The molecule has 1 aliphatic carbocycles. The van der Waals surface area contributed by atoms with Crippen LogP contribution in [0.3, 0.4) is 0 Å². The fraction of sp³-hybridized carbons (Fsp3) is 0.357. The fourth-order valence-corrected chi connectivity index (χ4v) is 6.79. The summed E-state index contributed by atoms with van der Waals surface area (Å²) in [4.78, 5) is 20.0. The molecule has 0 bridgehead atoms. The van der Waals surface area contributed by atoms with Gasteiger partial charge >= 0.3 is 0 Å². The Morgan fingerprint density at radius 3 is 2.52 bits per heavy atom. The highest BCUT2D eigenvalue weighted by molar-refractivity contribution is 7.93. The average Bonchev–Trinajstić information content (AvgIpc) is 3.85. The minimum atomic E-state index is -3.59. The van der Waals surface area contributed by atoms with Gasteiger partial charge in [-0.15, -0.1) is 0 Å². The number of nitrogens with one attached hydrogen (secondary N) is 2. The van der Waals surface area contributed by atoms with Gasteiger partial charge in [0, 0.05) is 38.2 Å². The number of anilines is 6. The van der Waals surface area contributed by atoms with Crippen LogP contribution in [0.15, 0.2) is 48.9 Å². The van der Waals surface area contributed by atoms with Crippen molar-refractivity contribution in [3.05, 3.63) is 53.9 Å². The minimum Gasteiger partial charge on any atom is -0.495 e. The van der Waals surface area contributed by atoms with Crippen molar-refractivity contribution in [2.24, 2.45) is 0 Å². The SMILES string of the molecule is COc1ccc(N2CCC(O)CC2)cc1Nc1ncc(Cl)c(Nc2ccc3nccnc3c2N(C)S(=O)(=O)C2CC2)n1. The van der Waals surface area contributed by atoms with E-state index < -0.39 is 15.3 Å².